The quantitative estimate of drug-likeness (QED) is 0.792. The van der Waals surface area contributed by atoms with E-state index in [0.29, 0.717) is 17.6 Å². The monoisotopic (exact) mass is 241 g/mol. The van der Waals surface area contributed by atoms with Gasteiger partial charge in [0.2, 0.25) is 0 Å². The van der Waals surface area contributed by atoms with E-state index in [1.54, 1.807) is 7.11 Å². The summed E-state index contributed by atoms with van der Waals surface area (Å²) in [5, 5.41) is 14.0. The zero-order valence-electron chi connectivity index (χ0n) is 11.5. The summed E-state index contributed by atoms with van der Waals surface area (Å²) in [7, 11) is 1.78. The third-order valence-corrected chi connectivity index (χ3v) is 4.68. The van der Waals surface area contributed by atoms with Crippen molar-refractivity contribution in [1.82, 2.24) is 5.32 Å². The molecule has 2 N–H and O–H groups in total. The fourth-order valence-corrected chi connectivity index (χ4v) is 2.83. The normalized spacial score (nSPS) is 35.3. The van der Waals surface area contributed by atoms with Gasteiger partial charge in [-0.1, -0.05) is 13.8 Å². The molecule has 3 heteroatoms. The minimum Gasteiger partial charge on any atom is -0.389 e. The highest BCUT2D eigenvalue weighted by molar-refractivity contribution is 4.93. The Morgan fingerprint density at radius 2 is 1.76 bits per heavy atom. The number of hydrogen-bond acceptors (Lipinski definition) is 3. The van der Waals surface area contributed by atoms with E-state index in [9.17, 15) is 5.11 Å². The molecule has 2 rings (SSSR count). The second-order valence-corrected chi connectivity index (χ2v) is 6.80. The van der Waals surface area contributed by atoms with Crippen molar-refractivity contribution in [2.24, 2.45) is 5.41 Å². The van der Waals surface area contributed by atoms with E-state index in [2.05, 4.69) is 19.2 Å². The minimum atomic E-state index is -0.465. The molecule has 17 heavy (non-hydrogen) atoms. The first-order valence-electron chi connectivity index (χ1n) is 6.91. The average Bonchev–Trinajstić information content (AvgIpc) is 2.22. The van der Waals surface area contributed by atoms with Gasteiger partial charge in [-0.15, -0.1) is 0 Å². The summed E-state index contributed by atoms with van der Waals surface area (Å²) in [4.78, 5) is 0. The van der Waals surface area contributed by atoms with Crippen molar-refractivity contribution in [3.8, 4) is 0 Å². The van der Waals surface area contributed by atoms with Crippen LogP contribution in [-0.4, -0.2) is 36.5 Å². The van der Waals surface area contributed by atoms with E-state index in [-0.39, 0.29) is 0 Å². The third-order valence-electron chi connectivity index (χ3n) is 4.68. The molecule has 0 radical (unpaired) electrons. The Kier molecular flexibility index (Phi) is 3.81. The van der Waals surface area contributed by atoms with E-state index >= 15 is 0 Å². The zero-order valence-corrected chi connectivity index (χ0v) is 11.5. The summed E-state index contributed by atoms with van der Waals surface area (Å²) in [6.45, 7) is 5.36. The molecule has 0 aromatic rings. The van der Waals surface area contributed by atoms with Gasteiger partial charge in [-0.05, 0) is 43.9 Å². The van der Waals surface area contributed by atoms with E-state index in [1.165, 1.54) is 0 Å². The maximum atomic E-state index is 10.5. The summed E-state index contributed by atoms with van der Waals surface area (Å²) in [6.07, 6.45) is 6.77. The van der Waals surface area contributed by atoms with Crippen LogP contribution in [0.25, 0.3) is 0 Å². The highest BCUT2D eigenvalue weighted by Gasteiger charge is 2.38. The van der Waals surface area contributed by atoms with Crippen LogP contribution in [0.3, 0.4) is 0 Å². The zero-order chi connectivity index (χ0) is 12.5. The van der Waals surface area contributed by atoms with Gasteiger partial charge in [0, 0.05) is 19.7 Å². The molecule has 0 atom stereocenters. The van der Waals surface area contributed by atoms with Gasteiger partial charge in [-0.3, -0.25) is 0 Å². The third kappa shape index (κ3) is 3.43. The van der Waals surface area contributed by atoms with Crippen LogP contribution < -0.4 is 5.32 Å². The van der Waals surface area contributed by atoms with Crippen molar-refractivity contribution >= 4 is 0 Å². The molecule has 0 aromatic carbocycles. The first kappa shape index (κ1) is 13.3. The molecule has 0 aliphatic heterocycles. The number of hydrogen-bond donors (Lipinski definition) is 2. The number of nitrogens with one attached hydrogen (secondary N) is 1. The lowest BCUT2D eigenvalue weighted by molar-refractivity contribution is -0.0370. The van der Waals surface area contributed by atoms with Gasteiger partial charge >= 0.3 is 0 Å². The Balaban J connectivity index is 1.69. The molecular formula is C14H27NO2. The second kappa shape index (κ2) is 4.87. The fraction of sp³-hybridized carbons (Fsp3) is 1.00. The van der Waals surface area contributed by atoms with Gasteiger partial charge in [-0.25, -0.2) is 0 Å². The highest BCUT2D eigenvalue weighted by atomic mass is 16.5. The van der Waals surface area contributed by atoms with Crippen LogP contribution in [0.2, 0.25) is 0 Å². The first-order valence-corrected chi connectivity index (χ1v) is 6.91. The molecule has 100 valence electrons. The fourth-order valence-electron chi connectivity index (χ4n) is 2.83. The average molecular weight is 241 g/mol. The van der Waals surface area contributed by atoms with E-state index in [1.807, 2.05) is 0 Å². The van der Waals surface area contributed by atoms with Crippen molar-refractivity contribution < 1.29 is 9.84 Å². The van der Waals surface area contributed by atoms with Crippen molar-refractivity contribution in [3.63, 3.8) is 0 Å². The molecule has 2 aliphatic rings. The maximum Gasteiger partial charge on any atom is 0.0772 e. The van der Waals surface area contributed by atoms with Gasteiger partial charge in [0.15, 0.2) is 0 Å². The number of rotatable bonds is 4. The van der Waals surface area contributed by atoms with Crippen molar-refractivity contribution in [2.75, 3.05) is 13.7 Å². The Labute approximate surface area is 105 Å². The molecule has 0 unspecified atom stereocenters. The van der Waals surface area contributed by atoms with E-state index in [0.717, 1.165) is 45.1 Å². The number of ether oxygens (including phenoxy) is 1. The lowest BCUT2D eigenvalue weighted by Crippen LogP contribution is -2.52. The van der Waals surface area contributed by atoms with Gasteiger partial charge in [0.1, 0.15) is 0 Å². The Morgan fingerprint density at radius 3 is 2.29 bits per heavy atom. The largest absolute Gasteiger partial charge is 0.389 e. The maximum absolute atomic E-state index is 10.5. The molecule has 0 amide bonds. The highest BCUT2D eigenvalue weighted by Crippen LogP contribution is 2.40. The minimum absolute atomic E-state index is 0.420. The summed E-state index contributed by atoms with van der Waals surface area (Å²) >= 11 is 0. The van der Waals surface area contributed by atoms with Crippen LogP contribution in [0.5, 0.6) is 0 Å². The van der Waals surface area contributed by atoms with E-state index < -0.39 is 5.60 Å². The molecule has 0 spiro atoms. The van der Waals surface area contributed by atoms with Crippen molar-refractivity contribution in [1.29, 1.82) is 0 Å². The summed E-state index contributed by atoms with van der Waals surface area (Å²) in [5.74, 6) is 0. The van der Waals surface area contributed by atoms with E-state index in [4.69, 9.17) is 4.74 Å². The van der Waals surface area contributed by atoms with Crippen molar-refractivity contribution in [3.05, 3.63) is 0 Å². The number of aliphatic hydroxyl groups is 1. The van der Waals surface area contributed by atoms with Crippen LogP contribution in [0.4, 0.5) is 0 Å². The number of methoxy groups -OCH3 is 1. The molecule has 0 saturated heterocycles. The lowest BCUT2D eigenvalue weighted by atomic mass is 9.71. The van der Waals surface area contributed by atoms with Crippen molar-refractivity contribution in [2.45, 2.75) is 70.1 Å². The smallest absolute Gasteiger partial charge is 0.0772 e. The van der Waals surface area contributed by atoms with Crippen LogP contribution in [0.1, 0.15) is 52.4 Å². The van der Waals surface area contributed by atoms with Gasteiger partial charge in [-0.2, -0.15) is 0 Å². The molecule has 3 nitrogen and oxygen atoms in total. The van der Waals surface area contributed by atoms with Crippen LogP contribution in [0.15, 0.2) is 0 Å². The van der Waals surface area contributed by atoms with Crippen LogP contribution in [0, 0.1) is 5.41 Å². The molecule has 0 heterocycles. The van der Waals surface area contributed by atoms with Crippen LogP contribution in [-0.2, 0) is 4.74 Å². The Morgan fingerprint density at radius 1 is 1.18 bits per heavy atom. The molecule has 2 aliphatic carbocycles. The molecule has 0 bridgehead atoms. The topological polar surface area (TPSA) is 41.5 Å². The van der Waals surface area contributed by atoms with Gasteiger partial charge in [0.25, 0.3) is 0 Å². The predicted molar refractivity (Wildman–Crippen MR) is 69.0 cm³/mol. The summed E-state index contributed by atoms with van der Waals surface area (Å²) in [5.41, 5.74) is -0.0441. The molecule has 2 fully saturated rings. The molecule has 0 aromatic heterocycles. The summed E-state index contributed by atoms with van der Waals surface area (Å²) in [6, 6.07) is 0.555. The predicted octanol–water partition coefficient (Wildman–Crippen LogP) is 2.08. The first-order chi connectivity index (χ1) is 7.92. The van der Waals surface area contributed by atoms with Gasteiger partial charge in [0.05, 0.1) is 11.7 Å². The second-order valence-electron chi connectivity index (χ2n) is 6.80. The molecular weight excluding hydrogens is 214 g/mol. The van der Waals surface area contributed by atoms with Crippen LogP contribution >= 0.6 is 0 Å². The summed E-state index contributed by atoms with van der Waals surface area (Å²) < 4.78 is 5.26. The SMILES string of the molecule is COC1CC(NCC2(O)CCC(C)(C)CC2)C1. The Bertz CT molecular complexity index is 249. The standard InChI is InChI=1S/C14H27NO2/c1-13(2)4-6-14(16,7-5-13)10-15-11-8-12(9-11)17-3/h11-12,15-16H,4-10H2,1-3H3. The van der Waals surface area contributed by atoms with Gasteiger partial charge < -0.3 is 15.2 Å². The Hall–Kier alpha value is -0.120. The molecule has 2 saturated carbocycles. The lowest BCUT2D eigenvalue weighted by Gasteiger charge is -2.42.